The summed E-state index contributed by atoms with van der Waals surface area (Å²) < 4.78 is 0. The van der Waals surface area contributed by atoms with Crippen LogP contribution in [-0.2, 0) is 9.59 Å². The third-order valence-electron chi connectivity index (χ3n) is 2.36. The second kappa shape index (κ2) is 5.70. The van der Waals surface area contributed by atoms with Gasteiger partial charge in [0, 0.05) is 12.0 Å². The fourth-order valence-corrected chi connectivity index (χ4v) is 1.74. The SMILES string of the molecule is CC(=O)N[C@@H](CC1C=CC(Cl)=CC1)C(=O)O. The molecule has 1 amide bonds. The summed E-state index contributed by atoms with van der Waals surface area (Å²) >= 11 is 5.75. The Hall–Kier alpha value is -1.29. The lowest BCUT2D eigenvalue weighted by atomic mass is 9.93. The van der Waals surface area contributed by atoms with Gasteiger partial charge in [0.1, 0.15) is 6.04 Å². The van der Waals surface area contributed by atoms with Crippen LogP contribution in [0.25, 0.3) is 0 Å². The molecule has 0 saturated carbocycles. The number of carboxylic acids is 1. The number of rotatable bonds is 4. The second-order valence-electron chi connectivity index (χ2n) is 3.77. The first-order valence-corrected chi connectivity index (χ1v) is 5.40. The molecule has 0 spiro atoms. The van der Waals surface area contributed by atoms with Gasteiger partial charge in [0.15, 0.2) is 0 Å². The van der Waals surface area contributed by atoms with Gasteiger partial charge in [-0.2, -0.15) is 0 Å². The molecular formula is C11H14ClNO3. The average Bonchev–Trinajstić information content (AvgIpc) is 2.19. The van der Waals surface area contributed by atoms with Crippen LogP contribution in [0.3, 0.4) is 0 Å². The zero-order valence-electron chi connectivity index (χ0n) is 8.94. The molecule has 0 bridgehead atoms. The Labute approximate surface area is 99.0 Å². The van der Waals surface area contributed by atoms with E-state index in [2.05, 4.69) is 5.32 Å². The van der Waals surface area contributed by atoms with Crippen molar-refractivity contribution in [3.05, 3.63) is 23.3 Å². The summed E-state index contributed by atoms with van der Waals surface area (Å²) in [5, 5.41) is 12.0. The molecule has 0 aliphatic heterocycles. The van der Waals surface area contributed by atoms with Crippen molar-refractivity contribution in [1.82, 2.24) is 5.32 Å². The Balaban J connectivity index is 2.53. The highest BCUT2D eigenvalue weighted by Crippen LogP contribution is 2.22. The maximum Gasteiger partial charge on any atom is 0.326 e. The molecule has 0 saturated heterocycles. The van der Waals surface area contributed by atoms with E-state index < -0.39 is 12.0 Å². The van der Waals surface area contributed by atoms with Crippen LogP contribution in [0.15, 0.2) is 23.3 Å². The van der Waals surface area contributed by atoms with E-state index in [-0.39, 0.29) is 11.8 Å². The number of carbonyl (C=O) groups is 2. The lowest BCUT2D eigenvalue weighted by Crippen LogP contribution is -2.40. The number of hydrogen-bond donors (Lipinski definition) is 2. The highest BCUT2D eigenvalue weighted by atomic mass is 35.5. The molecule has 1 aliphatic carbocycles. The maximum atomic E-state index is 10.9. The van der Waals surface area contributed by atoms with Crippen molar-refractivity contribution in [3.8, 4) is 0 Å². The minimum atomic E-state index is -1.01. The summed E-state index contributed by atoms with van der Waals surface area (Å²) in [5.74, 6) is -1.24. The molecule has 2 N–H and O–H groups in total. The van der Waals surface area contributed by atoms with Gasteiger partial charge in [0.25, 0.3) is 0 Å². The van der Waals surface area contributed by atoms with Gasteiger partial charge in [-0.3, -0.25) is 4.79 Å². The van der Waals surface area contributed by atoms with Gasteiger partial charge < -0.3 is 10.4 Å². The molecule has 0 fully saturated rings. The smallest absolute Gasteiger partial charge is 0.326 e. The maximum absolute atomic E-state index is 10.9. The van der Waals surface area contributed by atoms with E-state index in [9.17, 15) is 9.59 Å². The van der Waals surface area contributed by atoms with Gasteiger partial charge in [-0.25, -0.2) is 4.79 Å². The first-order valence-electron chi connectivity index (χ1n) is 5.03. The van der Waals surface area contributed by atoms with E-state index in [4.69, 9.17) is 16.7 Å². The van der Waals surface area contributed by atoms with Gasteiger partial charge in [-0.1, -0.05) is 23.8 Å². The van der Waals surface area contributed by atoms with Crippen LogP contribution >= 0.6 is 11.6 Å². The van der Waals surface area contributed by atoms with Crippen LogP contribution in [0, 0.1) is 5.92 Å². The quantitative estimate of drug-likeness (QED) is 0.789. The number of aliphatic carboxylic acids is 1. The predicted octanol–water partition coefficient (Wildman–Crippen LogP) is 1.66. The lowest BCUT2D eigenvalue weighted by Gasteiger charge is -2.19. The summed E-state index contributed by atoms with van der Waals surface area (Å²) in [5.41, 5.74) is 0. The fraction of sp³-hybridized carbons (Fsp3) is 0.455. The molecule has 16 heavy (non-hydrogen) atoms. The van der Waals surface area contributed by atoms with Crippen molar-refractivity contribution < 1.29 is 14.7 Å². The van der Waals surface area contributed by atoms with E-state index in [0.717, 1.165) is 0 Å². The van der Waals surface area contributed by atoms with Crippen LogP contribution < -0.4 is 5.32 Å². The Morgan fingerprint density at radius 3 is 2.81 bits per heavy atom. The molecule has 0 heterocycles. The van der Waals surface area contributed by atoms with E-state index >= 15 is 0 Å². The van der Waals surface area contributed by atoms with E-state index in [0.29, 0.717) is 17.9 Å². The number of carboxylic acid groups (broad SMARTS) is 1. The fourth-order valence-electron chi connectivity index (χ4n) is 1.58. The van der Waals surface area contributed by atoms with Crippen molar-refractivity contribution in [2.45, 2.75) is 25.8 Å². The highest BCUT2D eigenvalue weighted by molar-refractivity contribution is 6.31. The van der Waals surface area contributed by atoms with Crippen molar-refractivity contribution in [1.29, 1.82) is 0 Å². The Bertz CT molecular complexity index is 349. The lowest BCUT2D eigenvalue weighted by molar-refractivity contribution is -0.141. The van der Waals surface area contributed by atoms with E-state index in [1.54, 1.807) is 6.08 Å². The topological polar surface area (TPSA) is 66.4 Å². The summed E-state index contributed by atoms with van der Waals surface area (Å²) in [6.07, 6.45) is 6.56. The number of hydrogen-bond acceptors (Lipinski definition) is 2. The van der Waals surface area contributed by atoms with Gasteiger partial charge in [0.05, 0.1) is 0 Å². The number of carbonyl (C=O) groups excluding carboxylic acids is 1. The highest BCUT2D eigenvalue weighted by Gasteiger charge is 2.22. The molecule has 4 nitrogen and oxygen atoms in total. The molecule has 0 aromatic carbocycles. The summed E-state index contributed by atoms with van der Waals surface area (Å²) in [4.78, 5) is 21.7. The number of halogens is 1. The molecule has 0 radical (unpaired) electrons. The number of allylic oxidation sites excluding steroid dienone is 4. The molecule has 88 valence electrons. The second-order valence-corrected chi connectivity index (χ2v) is 4.21. The molecular weight excluding hydrogens is 230 g/mol. The van der Waals surface area contributed by atoms with Gasteiger partial charge in [-0.05, 0) is 24.8 Å². The largest absolute Gasteiger partial charge is 0.480 e. The minimum absolute atomic E-state index is 0.107. The molecule has 1 rings (SSSR count). The van der Waals surface area contributed by atoms with Crippen LogP contribution in [0.1, 0.15) is 19.8 Å². The van der Waals surface area contributed by atoms with Crippen molar-refractivity contribution >= 4 is 23.5 Å². The third-order valence-corrected chi connectivity index (χ3v) is 2.64. The van der Waals surface area contributed by atoms with Crippen molar-refractivity contribution in [2.24, 2.45) is 5.92 Å². The minimum Gasteiger partial charge on any atom is -0.480 e. The van der Waals surface area contributed by atoms with Crippen LogP contribution in [0.4, 0.5) is 0 Å². The molecule has 1 aliphatic rings. The van der Waals surface area contributed by atoms with E-state index in [1.807, 2.05) is 12.2 Å². The van der Waals surface area contributed by atoms with Crippen molar-refractivity contribution in [3.63, 3.8) is 0 Å². The zero-order chi connectivity index (χ0) is 12.1. The molecule has 1 unspecified atom stereocenters. The first-order chi connectivity index (χ1) is 7.49. The monoisotopic (exact) mass is 243 g/mol. The zero-order valence-corrected chi connectivity index (χ0v) is 9.70. The van der Waals surface area contributed by atoms with Crippen LogP contribution in [0.2, 0.25) is 0 Å². The summed E-state index contributed by atoms with van der Waals surface area (Å²) in [6, 6.07) is -0.836. The predicted molar refractivity (Wildman–Crippen MR) is 61.0 cm³/mol. The van der Waals surface area contributed by atoms with Crippen molar-refractivity contribution in [2.75, 3.05) is 0 Å². The summed E-state index contributed by atoms with van der Waals surface area (Å²) in [7, 11) is 0. The van der Waals surface area contributed by atoms with Crippen LogP contribution in [-0.4, -0.2) is 23.0 Å². The molecule has 2 atom stereocenters. The Morgan fingerprint density at radius 1 is 1.69 bits per heavy atom. The third kappa shape index (κ3) is 4.06. The average molecular weight is 244 g/mol. The Morgan fingerprint density at radius 2 is 2.38 bits per heavy atom. The molecule has 0 aromatic rings. The van der Waals surface area contributed by atoms with Gasteiger partial charge in [0.2, 0.25) is 5.91 Å². The number of amides is 1. The number of nitrogens with one attached hydrogen (secondary N) is 1. The van der Waals surface area contributed by atoms with E-state index in [1.165, 1.54) is 6.92 Å². The Kier molecular flexibility index (Phi) is 4.55. The molecule has 5 heteroatoms. The van der Waals surface area contributed by atoms with Gasteiger partial charge >= 0.3 is 5.97 Å². The first kappa shape index (κ1) is 12.8. The van der Waals surface area contributed by atoms with Crippen LogP contribution in [0.5, 0.6) is 0 Å². The molecule has 0 aromatic heterocycles. The normalized spacial score (nSPS) is 21.1. The van der Waals surface area contributed by atoms with Gasteiger partial charge in [-0.15, -0.1) is 0 Å². The standard InChI is InChI=1S/C11H14ClNO3/c1-7(14)13-10(11(15)16)6-8-2-4-9(12)5-3-8/h2,4-5,8,10H,3,6H2,1H3,(H,13,14)(H,15,16)/t8?,10-/m0/s1. The summed E-state index contributed by atoms with van der Waals surface area (Å²) in [6.45, 7) is 1.31.